The topological polar surface area (TPSA) is 206 Å². The summed E-state index contributed by atoms with van der Waals surface area (Å²) in [6, 6.07) is 37.7. The third-order valence-electron chi connectivity index (χ3n) is 14.5. The summed E-state index contributed by atoms with van der Waals surface area (Å²) in [5.74, 6) is 0.307. The van der Waals surface area contributed by atoms with Crippen LogP contribution in [0.1, 0.15) is 124 Å². The van der Waals surface area contributed by atoms with Crippen molar-refractivity contribution in [1.82, 2.24) is 15.0 Å². The summed E-state index contributed by atoms with van der Waals surface area (Å²) in [4.78, 5) is 95.3. The Bertz CT molecular complexity index is 4460. The molecule has 2 aromatic heterocycles. The highest BCUT2D eigenvalue weighted by Gasteiger charge is 2.26. The van der Waals surface area contributed by atoms with Gasteiger partial charge in [0.05, 0.1) is 5.02 Å². The van der Waals surface area contributed by atoms with Crippen LogP contribution < -0.4 is 10.7 Å². The lowest BCUT2D eigenvalue weighted by atomic mass is 9.72. The number of allylic oxidation sites excluding steroid dienone is 11. The maximum atomic E-state index is 11.2. The molecule has 3 aliphatic carbocycles. The fraction of sp³-hybridized carbons (Fsp3) is 0.149. The summed E-state index contributed by atoms with van der Waals surface area (Å²) in [7, 11) is 0. The van der Waals surface area contributed by atoms with Crippen molar-refractivity contribution in [3.8, 4) is 11.5 Å². The zero-order valence-electron chi connectivity index (χ0n) is 50.1. The highest BCUT2D eigenvalue weighted by molar-refractivity contribution is 9.10. The number of benzene rings is 7. The lowest BCUT2D eigenvalue weighted by Gasteiger charge is -2.32. The van der Waals surface area contributed by atoms with Crippen LogP contribution in [-0.2, 0) is 16.0 Å². The van der Waals surface area contributed by atoms with Gasteiger partial charge in [-0.25, -0.2) is 4.98 Å². The Balaban J connectivity index is 0.000000154. The van der Waals surface area contributed by atoms with Gasteiger partial charge in [-0.1, -0.05) is 116 Å². The first kappa shape index (κ1) is 66.5. The van der Waals surface area contributed by atoms with Gasteiger partial charge in [0.2, 0.25) is 5.91 Å². The minimum atomic E-state index is -0.131. The molecule has 4 aliphatic rings. The summed E-state index contributed by atoms with van der Waals surface area (Å²) in [5, 5.41) is 7.39. The SMILES string of the molecule is CC(=O)Nc1ccc(C=O)cc1.CC1=C(/C=C/C(C)=C/C=C/C(C)=C/C=O)C(C)(C)CCC1.O=Cc1c[nH]c2ccc(Br)c(Cl)c12.O=Cc1c[nH]c2ccccc12.O=Cc1cc2c3c(cccc3c1)C=CC2.O=Cc1ccc2nc3ccc(=O)cc-3oc2c1. The van der Waals surface area contributed by atoms with E-state index in [0.29, 0.717) is 50.0 Å². The molecule has 0 unspecified atom stereocenters. The Morgan fingerprint density at radius 1 is 0.708 bits per heavy atom. The lowest BCUT2D eigenvalue weighted by Crippen LogP contribution is -2.19. The van der Waals surface area contributed by atoms with Crippen molar-refractivity contribution in [3.63, 3.8) is 0 Å². The molecule has 1 aliphatic heterocycles. The molecule has 6 aromatic carbocycles. The zero-order valence-corrected chi connectivity index (χ0v) is 52.4. The van der Waals surface area contributed by atoms with Gasteiger partial charge < -0.3 is 19.7 Å². The molecule has 0 bridgehead atoms. The van der Waals surface area contributed by atoms with E-state index in [2.05, 4.69) is 106 Å². The molecule has 0 atom stereocenters. The molecule has 0 spiro atoms. The van der Waals surface area contributed by atoms with E-state index in [4.69, 9.17) is 16.0 Å². The molecule has 8 aromatic rings. The number of rotatable bonds is 11. The Labute approximate surface area is 529 Å². The van der Waals surface area contributed by atoms with Gasteiger partial charge >= 0.3 is 0 Å². The van der Waals surface area contributed by atoms with Gasteiger partial charge in [0, 0.05) is 85.2 Å². The summed E-state index contributed by atoms with van der Waals surface area (Å²) in [5.41, 5.74) is 15.4. The van der Waals surface area contributed by atoms with Gasteiger partial charge in [0.25, 0.3) is 0 Å². The molecule has 0 fully saturated rings. The monoisotopic (exact) mass is 1270 g/mol. The van der Waals surface area contributed by atoms with E-state index in [0.717, 1.165) is 92.5 Å². The number of nitrogens with one attached hydrogen (secondary N) is 3. The molecule has 89 heavy (non-hydrogen) atoms. The first-order valence-corrected chi connectivity index (χ1v) is 29.6. The summed E-state index contributed by atoms with van der Waals surface area (Å²) < 4.78 is 6.34. The van der Waals surface area contributed by atoms with Crippen LogP contribution in [0.2, 0.25) is 5.02 Å². The van der Waals surface area contributed by atoms with E-state index in [1.807, 2.05) is 73.7 Å². The number of carbonyl (C=O) groups is 7. The van der Waals surface area contributed by atoms with Crippen molar-refractivity contribution in [2.75, 3.05) is 5.32 Å². The van der Waals surface area contributed by atoms with Crippen LogP contribution in [0.4, 0.5) is 5.69 Å². The van der Waals surface area contributed by atoms with E-state index >= 15 is 0 Å². The molecule has 3 N–H and O–H groups in total. The zero-order chi connectivity index (χ0) is 64.0. The van der Waals surface area contributed by atoms with Gasteiger partial charge in [-0.3, -0.25) is 38.4 Å². The average Bonchev–Trinajstić information content (AvgIpc) is 2.80. The molecule has 15 heteroatoms. The van der Waals surface area contributed by atoms with Crippen molar-refractivity contribution in [3.05, 3.63) is 263 Å². The van der Waals surface area contributed by atoms with Crippen LogP contribution in [0.5, 0.6) is 0 Å². The van der Waals surface area contributed by atoms with Crippen molar-refractivity contribution >= 4 is 127 Å². The number of amides is 1. The first-order chi connectivity index (χ1) is 42.9. The highest BCUT2D eigenvalue weighted by atomic mass is 79.9. The third kappa shape index (κ3) is 18.3. The second-order valence-corrected chi connectivity index (χ2v) is 22.8. The van der Waals surface area contributed by atoms with Crippen molar-refractivity contribution < 1.29 is 38.0 Å². The second kappa shape index (κ2) is 32.1. The number of H-pyrrole nitrogens is 2. The maximum Gasteiger partial charge on any atom is 0.221 e. The van der Waals surface area contributed by atoms with Crippen LogP contribution in [0.25, 0.3) is 61.2 Å². The van der Waals surface area contributed by atoms with E-state index in [9.17, 15) is 38.4 Å². The van der Waals surface area contributed by atoms with Crippen molar-refractivity contribution in [1.29, 1.82) is 0 Å². The van der Waals surface area contributed by atoms with E-state index in [1.165, 1.54) is 71.6 Å². The number of hydrogen-bond acceptors (Lipinski definition) is 10. The van der Waals surface area contributed by atoms with E-state index in [-0.39, 0.29) is 16.8 Å². The predicted molar refractivity (Wildman–Crippen MR) is 363 cm³/mol. The number of anilines is 1. The number of halogens is 2. The molecule has 12 rings (SSSR count). The standard InChI is InChI=1S/C20H28O.C14H10O.C13H7NO3.C9H5BrClNO.C9H9NO2.C9H7NO/c1-16(8-6-9-17(2)13-15-21)11-12-19-18(3)10-7-14-20(19,4)5;15-9-10-7-12-5-1-3-11-4-2-6-13(8-10)14(11)12;15-7-8-1-3-10-12(5-8)17-13-6-9(16)2-4-11(13)14-10;10-6-1-2-7-8(9(6)11)5(4-13)3-12-7;1-7(12)10-9-4-2-8(6-11)3-5-9;11-6-7-5-10-9-4-2-1-3-8(7)9/h6,8-9,11-13,15H,7,10,14H2,1-5H3;1-5,7-9H,6H2;1-7H;1-4,12H;2-6H,1H3,(H,10,12);1-6,10H/b9-6+,12-11+,16-8+,17-13+;;;;;. The molecule has 0 radical (unpaired) electrons. The molecule has 3 heterocycles. The molecule has 0 saturated heterocycles. The minimum Gasteiger partial charge on any atom is -0.453 e. The second-order valence-electron chi connectivity index (χ2n) is 21.6. The Morgan fingerprint density at radius 3 is 2.12 bits per heavy atom. The molecule has 450 valence electrons. The quantitative estimate of drug-likeness (QED) is 0.0483. The van der Waals surface area contributed by atoms with Crippen molar-refractivity contribution in [2.45, 2.75) is 67.2 Å². The van der Waals surface area contributed by atoms with Crippen LogP contribution in [0, 0.1) is 5.41 Å². The Hall–Kier alpha value is -10.0. The van der Waals surface area contributed by atoms with Crippen LogP contribution in [0.3, 0.4) is 0 Å². The minimum absolute atomic E-state index is 0.117. The number of carbonyl (C=O) groups excluding carboxylic acids is 7. The summed E-state index contributed by atoms with van der Waals surface area (Å²) in [6.45, 7) is 12.4. The number of nitrogens with zero attached hydrogens (tertiary/aromatic N) is 1. The number of aromatic nitrogens is 3. The number of aldehydes is 6. The lowest BCUT2D eigenvalue weighted by molar-refractivity contribution is -0.114. The van der Waals surface area contributed by atoms with Gasteiger partial charge in [0.15, 0.2) is 29.3 Å². The van der Waals surface area contributed by atoms with Gasteiger partial charge in [-0.2, -0.15) is 0 Å². The molecule has 13 nitrogen and oxygen atoms in total. The third-order valence-corrected chi connectivity index (χ3v) is 15.8. The molecular formula is C74H66BrClN4O9. The van der Waals surface area contributed by atoms with Gasteiger partial charge in [-0.15, -0.1) is 0 Å². The molecule has 1 amide bonds. The average molecular weight is 1270 g/mol. The smallest absolute Gasteiger partial charge is 0.221 e. The molecular weight excluding hydrogens is 1200 g/mol. The Kier molecular flexibility index (Phi) is 24.0. The first-order valence-electron chi connectivity index (χ1n) is 28.5. The summed E-state index contributed by atoms with van der Waals surface area (Å²) in [6.07, 6.45) is 29.3. The molecule has 0 saturated carbocycles. The fourth-order valence-electron chi connectivity index (χ4n) is 10.1. The normalized spacial score (nSPS) is 13.2. The summed E-state index contributed by atoms with van der Waals surface area (Å²) >= 11 is 9.33. The number of hydrogen-bond donors (Lipinski definition) is 3. The van der Waals surface area contributed by atoms with Crippen LogP contribution >= 0.6 is 27.5 Å². The Morgan fingerprint density at radius 2 is 1.42 bits per heavy atom. The van der Waals surface area contributed by atoms with Gasteiger partial charge in [-0.05, 0) is 192 Å². The maximum absolute atomic E-state index is 11.2. The predicted octanol–water partition coefficient (Wildman–Crippen LogP) is 17.9. The number of para-hydroxylation sites is 1. The fourth-order valence-corrected chi connectivity index (χ4v) is 10.7. The van der Waals surface area contributed by atoms with Crippen LogP contribution in [-0.4, -0.2) is 58.6 Å². The number of aromatic amines is 2. The van der Waals surface area contributed by atoms with Gasteiger partial charge in [0.1, 0.15) is 36.4 Å². The van der Waals surface area contributed by atoms with Crippen molar-refractivity contribution in [2.24, 2.45) is 5.41 Å². The highest BCUT2D eigenvalue weighted by Crippen LogP contribution is 2.41. The largest absolute Gasteiger partial charge is 0.453 e. The number of fused-ring (bicyclic) bond motifs is 4. The van der Waals surface area contributed by atoms with E-state index < -0.39 is 0 Å². The van der Waals surface area contributed by atoms with E-state index in [1.54, 1.807) is 67.0 Å². The van der Waals surface area contributed by atoms with Crippen LogP contribution in [0.15, 0.2) is 218 Å².